The Hall–Kier alpha value is -2.61. The van der Waals surface area contributed by atoms with Gasteiger partial charge in [0.15, 0.2) is 0 Å². The van der Waals surface area contributed by atoms with Crippen molar-refractivity contribution in [2.75, 3.05) is 6.26 Å². The van der Waals surface area contributed by atoms with Crippen LogP contribution in [0.1, 0.15) is 34.7 Å². The number of guanidine groups is 1. The van der Waals surface area contributed by atoms with Crippen LogP contribution < -0.4 is 11.5 Å². The molecule has 0 saturated carbocycles. The lowest BCUT2D eigenvalue weighted by molar-refractivity contribution is 0.587. The van der Waals surface area contributed by atoms with E-state index in [0.717, 1.165) is 22.4 Å². The monoisotopic (exact) mass is 359 g/mol. The first-order chi connectivity index (χ1) is 11.8. The lowest BCUT2D eigenvalue weighted by Gasteiger charge is -2.25. The molecule has 0 spiro atoms. The molecule has 0 radical (unpaired) electrons. The SMILES string of the molecule is Cc1cn(S(C)(=O)=O)c2c1C(=NN=C(N)N)CC(c1ccccc1)C2. The van der Waals surface area contributed by atoms with Crippen molar-refractivity contribution in [1.29, 1.82) is 0 Å². The predicted molar refractivity (Wildman–Crippen MR) is 99.3 cm³/mol. The first-order valence-corrected chi connectivity index (χ1v) is 9.74. The maximum Gasteiger partial charge on any atom is 0.235 e. The van der Waals surface area contributed by atoms with Crippen LogP contribution in [-0.2, 0) is 16.4 Å². The summed E-state index contributed by atoms with van der Waals surface area (Å²) in [6.07, 6.45) is 4.09. The molecule has 1 heterocycles. The number of nitrogens with two attached hydrogens (primary N) is 2. The molecule has 0 saturated heterocycles. The van der Waals surface area contributed by atoms with E-state index in [4.69, 9.17) is 11.5 Å². The average molecular weight is 359 g/mol. The van der Waals surface area contributed by atoms with Gasteiger partial charge in [-0.2, -0.15) is 5.10 Å². The summed E-state index contributed by atoms with van der Waals surface area (Å²) in [4.78, 5) is 0. The van der Waals surface area contributed by atoms with Crippen LogP contribution in [-0.4, -0.2) is 30.3 Å². The second-order valence-electron chi connectivity index (χ2n) is 6.28. The van der Waals surface area contributed by atoms with Crippen molar-refractivity contribution in [3.63, 3.8) is 0 Å². The minimum atomic E-state index is -3.41. The summed E-state index contributed by atoms with van der Waals surface area (Å²) in [5.74, 6) is -0.0208. The number of nitrogens with zero attached hydrogens (tertiary/aromatic N) is 3. The number of aryl methyl sites for hydroxylation is 1. The Morgan fingerprint density at radius 2 is 1.88 bits per heavy atom. The van der Waals surface area contributed by atoms with Gasteiger partial charge in [0.05, 0.1) is 12.0 Å². The fraction of sp³-hybridized carbons (Fsp3) is 0.294. The second-order valence-corrected chi connectivity index (χ2v) is 8.14. The number of aromatic nitrogens is 1. The van der Waals surface area contributed by atoms with E-state index in [1.54, 1.807) is 6.20 Å². The number of fused-ring (bicyclic) bond motifs is 1. The molecular formula is C17H21N5O2S. The molecule has 132 valence electrons. The van der Waals surface area contributed by atoms with Crippen molar-refractivity contribution in [2.45, 2.75) is 25.7 Å². The van der Waals surface area contributed by atoms with Crippen LogP contribution in [0.5, 0.6) is 0 Å². The molecule has 7 nitrogen and oxygen atoms in total. The summed E-state index contributed by atoms with van der Waals surface area (Å²) in [5, 5.41) is 7.99. The minimum Gasteiger partial charge on any atom is -0.369 e. The maximum atomic E-state index is 12.2. The van der Waals surface area contributed by atoms with Crippen LogP contribution in [0, 0.1) is 6.92 Å². The van der Waals surface area contributed by atoms with E-state index in [-0.39, 0.29) is 11.9 Å². The van der Waals surface area contributed by atoms with Crippen LogP contribution in [0.25, 0.3) is 0 Å². The highest BCUT2D eigenvalue weighted by Gasteiger charge is 2.31. The second kappa shape index (κ2) is 6.36. The van der Waals surface area contributed by atoms with Crippen LogP contribution in [0.2, 0.25) is 0 Å². The van der Waals surface area contributed by atoms with Crippen LogP contribution in [0.4, 0.5) is 0 Å². The van der Waals surface area contributed by atoms with Gasteiger partial charge in [0, 0.05) is 17.5 Å². The average Bonchev–Trinajstić information content (AvgIpc) is 2.91. The highest BCUT2D eigenvalue weighted by molar-refractivity contribution is 7.89. The zero-order valence-corrected chi connectivity index (χ0v) is 15.0. The number of benzene rings is 1. The highest BCUT2D eigenvalue weighted by Crippen LogP contribution is 2.36. The fourth-order valence-corrected chi connectivity index (χ4v) is 4.26. The highest BCUT2D eigenvalue weighted by atomic mass is 32.2. The van der Waals surface area contributed by atoms with Gasteiger partial charge in [-0.05, 0) is 36.8 Å². The van der Waals surface area contributed by atoms with E-state index < -0.39 is 10.0 Å². The van der Waals surface area contributed by atoms with Gasteiger partial charge in [0.25, 0.3) is 0 Å². The molecule has 1 aromatic carbocycles. The third-order valence-corrected chi connectivity index (χ3v) is 5.38. The fourth-order valence-electron chi connectivity index (χ4n) is 3.35. The molecule has 0 bridgehead atoms. The van der Waals surface area contributed by atoms with E-state index in [1.807, 2.05) is 37.3 Å². The lowest BCUT2D eigenvalue weighted by Crippen LogP contribution is -2.25. The van der Waals surface area contributed by atoms with Crippen LogP contribution in [0.3, 0.4) is 0 Å². The number of hydrogen-bond donors (Lipinski definition) is 2. The molecular weight excluding hydrogens is 338 g/mol. The van der Waals surface area contributed by atoms with Gasteiger partial charge in [-0.1, -0.05) is 30.3 Å². The first-order valence-electron chi connectivity index (χ1n) is 7.89. The Morgan fingerprint density at radius 3 is 2.48 bits per heavy atom. The van der Waals surface area contributed by atoms with Crippen LogP contribution in [0.15, 0.2) is 46.7 Å². The molecule has 2 aromatic rings. The van der Waals surface area contributed by atoms with Crippen molar-refractivity contribution in [3.05, 3.63) is 58.9 Å². The van der Waals surface area contributed by atoms with Gasteiger partial charge >= 0.3 is 0 Å². The zero-order chi connectivity index (χ0) is 18.2. The van der Waals surface area contributed by atoms with E-state index in [2.05, 4.69) is 10.2 Å². The summed E-state index contributed by atoms with van der Waals surface area (Å²) in [6, 6.07) is 9.97. The van der Waals surface area contributed by atoms with Gasteiger partial charge in [-0.3, -0.25) is 0 Å². The van der Waals surface area contributed by atoms with Crippen molar-refractivity contribution in [3.8, 4) is 0 Å². The summed E-state index contributed by atoms with van der Waals surface area (Å²) < 4.78 is 25.7. The third kappa shape index (κ3) is 3.43. The van der Waals surface area contributed by atoms with Gasteiger partial charge in [0.1, 0.15) is 0 Å². The molecule has 8 heteroatoms. The van der Waals surface area contributed by atoms with E-state index in [9.17, 15) is 8.42 Å². The molecule has 25 heavy (non-hydrogen) atoms. The Morgan fingerprint density at radius 1 is 1.20 bits per heavy atom. The number of hydrogen-bond acceptors (Lipinski definition) is 4. The van der Waals surface area contributed by atoms with Gasteiger partial charge in [0.2, 0.25) is 16.0 Å². The van der Waals surface area contributed by atoms with Crippen molar-refractivity contribution >= 4 is 21.7 Å². The van der Waals surface area contributed by atoms with E-state index in [0.29, 0.717) is 18.6 Å². The van der Waals surface area contributed by atoms with Crippen molar-refractivity contribution in [1.82, 2.24) is 3.97 Å². The minimum absolute atomic E-state index is 0.108. The zero-order valence-electron chi connectivity index (χ0n) is 14.2. The molecule has 1 atom stereocenters. The molecule has 0 aliphatic heterocycles. The Kier molecular flexibility index (Phi) is 4.38. The van der Waals surface area contributed by atoms with E-state index >= 15 is 0 Å². The summed E-state index contributed by atoms with van der Waals surface area (Å²) in [6.45, 7) is 1.87. The number of rotatable bonds is 3. The molecule has 1 aliphatic carbocycles. The quantitative estimate of drug-likeness (QED) is 0.488. The predicted octanol–water partition coefficient (Wildman–Crippen LogP) is 1.31. The summed E-state index contributed by atoms with van der Waals surface area (Å²) >= 11 is 0. The third-order valence-electron chi connectivity index (χ3n) is 4.34. The van der Waals surface area contributed by atoms with Crippen molar-refractivity contribution < 1.29 is 8.42 Å². The largest absolute Gasteiger partial charge is 0.369 e. The van der Waals surface area contributed by atoms with Gasteiger partial charge < -0.3 is 11.5 Å². The molecule has 1 aliphatic rings. The van der Waals surface area contributed by atoms with E-state index in [1.165, 1.54) is 10.2 Å². The Labute approximate surface area is 147 Å². The van der Waals surface area contributed by atoms with Gasteiger partial charge in [-0.15, -0.1) is 5.10 Å². The summed E-state index contributed by atoms with van der Waals surface area (Å²) in [5.41, 5.74) is 15.0. The molecule has 4 N–H and O–H groups in total. The Bertz CT molecular complexity index is 954. The standard InChI is InChI=1S/C17H21N5O2S/c1-11-10-22(25(2,23)24)15-9-13(12-6-4-3-5-7-12)8-14(16(11)15)20-21-17(18)19/h3-7,10,13H,8-9H2,1-2H3,(H4,18,19,21). The topological polar surface area (TPSA) is 116 Å². The first kappa shape index (κ1) is 17.2. The van der Waals surface area contributed by atoms with Crippen molar-refractivity contribution in [2.24, 2.45) is 21.7 Å². The molecule has 0 amide bonds. The normalized spacial score (nSPS) is 18.8. The summed E-state index contributed by atoms with van der Waals surface area (Å²) in [7, 11) is -3.41. The smallest absolute Gasteiger partial charge is 0.235 e. The molecule has 0 fully saturated rings. The maximum absolute atomic E-state index is 12.2. The van der Waals surface area contributed by atoms with Gasteiger partial charge in [-0.25, -0.2) is 12.4 Å². The lowest BCUT2D eigenvalue weighted by atomic mass is 9.81. The molecule has 3 rings (SSSR count). The molecule has 1 unspecified atom stereocenters. The Balaban J connectivity index is 2.18. The molecule has 1 aromatic heterocycles. The van der Waals surface area contributed by atoms with Crippen LogP contribution >= 0.6 is 0 Å².